The molecule has 11 heteroatoms. The van der Waals surface area contributed by atoms with Crippen molar-refractivity contribution in [1.82, 2.24) is 18.8 Å². The Morgan fingerprint density at radius 3 is 2.50 bits per heavy atom. The molecule has 0 bridgehead atoms. The third-order valence-corrected chi connectivity index (χ3v) is 8.97. The van der Waals surface area contributed by atoms with Crippen molar-refractivity contribution in [3.05, 3.63) is 54.6 Å². The van der Waals surface area contributed by atoms with Crippen LogP contribution >= 0.6 is 0 Å². The summed E-state index contributed by atoms with van der Waals surface area (Å²) in [6, 6.07) is 8.77. The first kappa shape index (κ1) is 24.6. The largest absolute Gasteiger partial charge is 0.497 e. The van der Waals surface area contributed by atoms with Gasteiger partial charge in [-0.1, -0.05) is 12.1 Å². The van der Waals surface area contributed by atoms with E-state index in [-0.39, 0.29) is 42.0 Å². The zero-order chi connectivity index (χ0) is 25.7. The van der Waals surface area contributed by atoms with Crippen molar-refractivity contribution in [3.63, 3.8) is 0 Å². The summed E-state index contributed by atoms with van der Waals surface area (Å²) in [5.74, 6) is -1.10. The molecular formula is C25H29F2N5O3S. The Morgan fingerprint density at radius 2 is 1.89 bits per heavy atom. The number of halogens is 2. The summed E-state index contributed by atoms with van der Waals surface area (Å²) >= 11 is 0. The number of anilines is 1. The number of nitrogens with zero attached hydrogens (tertiary/aromatic N) is 4. The molecule has 0 amide bonds. The number of rotatable bonds is 9. The van der Waals surface area contributed by atoms with Crippen LogP contribution in [0.2, 0.25) is 0 Å². The second-order valence-electron chi connectivity index (χ2n) is 9.74. The Kier molecular flexibility index (Phi) is 6.24. The van der Waals surface area contributed by atoms with E-state index in [9.17, 15) is 17.2 Å². The lowest BCUT2D eigenvalue weighted by atomic mass is 10.1. The summed E-state index contributed by atoms with van der Waals surface area (Å²) in [4.78, 5) is 8.86. The number of nitrogens with one attached hydrogen (secondary N) is 1. The van der Waals surface area contributed by atoms with E-state index in [2.05, 4.69) is 15.3 Å². The van der Waals surface area contributed by atoms with E-state index >= 15 is 0 Å². The SMILES string of the molecule is COc1ccc(CN(C)S(=O)(=O)c2cnc(NCC3[C@H]4CC(F)(F)C[C@@H]34)c(-c3cn(C)cn3)c2)cc1. The van der Waals surface area contributed by atoms with Crippen LogP contribution < -0.4 is 10.1 Å². The van der Waals surface area contributed by atoms with Crippen LogP contribution in [-0.2, 0) is 23.6 Å². The predicted octanol–water partition coefficient (Wildman–Crippen LogP) is 4.01. The number of benzene rings is 1. The molecule has 3 atom stereocenters. The number of hydrogen-bond donors (Lipinski definition) is 1. The second kappa shape index (κ2) is 9.11. The molecule has 2 fully saturated rings. The highest BCUT2D eigenvalue weighted by atomic mass is 32.2. The van der Waals surface area contributed by atoms with Crippen molar-refractivity contribution in [2.75, 3.05) is 26.0 Å². The van der Waals surface area contributed by atoms with Crippen LogP contribution in [0.25, 0.3) is 11.3 Å². The monoisotopic (exact) mass is 517 g/mol. The summed E-state index contributed by atoms with van der Waals surface area (Å²) < 4.78 is 62.0. The fraction of sp³-hybridized carbons (Fsp3) is 0.440. The number of sulfonamides is 1. The topological polar surface area (TPSA) is 89.4 Å². The normalized spacial score (nSPS) is 22.4. The fourth-order valence-corrected chi connectivity index (χ4v) is 6.28. The second-order valence-corrected chi connectivity index (χ2v) is 11.8. The zero-order valence-corrected chi connectivity index (χ0v) is 21.2. The summed E-state index contributed by atoms with van der Waals surface area (Å²) in [5, 5.41) is 3.27. The molecule has 1 N–H and O–H groups in total. The highest BCUT2D eigenvalue weighted by Gasteiger charge is 2.62. The minimum Gasteiger partial charge on any atom is -0.497 e. The Labute approximate surface area is 209 Å². The van der Waals surface area contributed by atoms with Crippen molar-refractivity contribution in [2.24, 2.45) is 24.8 Å². The number of imidazole rings is 1. The standard InChI is InChI=1S/C25H29F2N5O3S/c1-31-14-23(30-15-31)19-8-18(36(33,34)32(2)13-16-4-6-17(35-3)7-5-16)11-28-24(19)29-12-22-20-9-25(26,27)10-21(20)22/h4-8,11,14-15,20-22H,9-10,12-13H2,1-3H3,(H,28,29)/t20-,21+,22?. The Morgan fingerprint density at radius 1 is 1.19 bits per heavy atom. The number of ether oxygens (including phenoxy) is 1. The van der Waals surface area contributed by atoms with Crippen LogP contribution in [0.1, 0.15) is 18.4 Å². The van der Waals surface area contributed by atoms with Gasteiger partial charge < -0.3 is 14.6 Å². The summed E-state index contributed by atoms with van der Waals surface area (Å²) in [5.41, 5.74) is 1.94. The molecule has 2 saturated carbocycles. The molecular weight excluding hydrogens is 488 g/mol. The number of alkyl halides is 2. The smallest absolute Gasteiger partial charge is 0.248 e. The van der Waals surface area contributed by atoms with Crippen molar-refractivity contribution < 1.29 is 21.9 Å². The third-order valence-electron chi connectivity index (χ3n) is 7.20. The number of aromatic nitrogens is 3. The highest BCUT2D eigenvalue weighted by molar-refractivity contribution is 7.89. The van der Waals surface area contributed by atoms with Gasteiger partial charge in [-0.15, -0.1) is 0 Å². The van der Waals surface area contributed by atoms with Gasteiger partial charge in [-0.2, -0.15) is 4.31 Å². The molecule has 1 unspecified atom stereocenters. The van der Waals surface area contributed by atoms with Gasteiger partial charge in [0.1, 0.15) is 16.5 Å². The van der Waals surface area contributed by atoms with Crippen LogP contribution in [0.3, 0.4) is 0 Å². The van der Waals surface area contributed by atoms with Gasteiger partial charge in [0, 0.05) is 58.0 Å². The van der Waals surface area contributed by atoms with Crippen molar-refractivity contribution in [3.8, 4) is 17.0 Å². The first-order valence-electron chi connectivity index (χ1n) is 11.8. The van der Waals surface area contributed by atoms with Crippen LogP contribution in [0.4, 0.5) is 14.6 Å². The van der Waals surface area contributed by atoms with Crippen molar-refractivity contribution in [2.45, 2.75) is 30.2 Å². The number of pyridine rings is 1. The van der Waals surface area contributed by atoms with Gasteiger partial charge >= 0.3 is 0 Å². The maximum atomic E-state index is 13.5. The molecule has 0 aliphatic heterocycles. The Balaban J connectivity index is 1.36. The van der Waals surface area contributed by atoms with Crippen LogP contribution in [0.5, 0.6) is 5.75 Å². The average molecular weight is 518 g/mol. The Bertz CT molecular complexity index is 1350. The first-order valence-corrected chi connectivity index (χ1v) is 13.2. The molecule has 0 radical (unpaired) electrons. The molecule has 8 nitrogen and oxygen atoms in total. The van der Waals surface area contributed by atoms with Crippen LogP contribution in [0, 0.1) is 17.8 Å². The maximum absolute atomic E-state index is 13.5. The molecule has 3 aromatic rings. The Hall–Kier alpha value is -3.05. The van der Waals surface area contributed by atoms with Gasteiger partial charge in [0.25, 0.3) is 0 Å². The van der Waals surface area contributed by atoms with E-state index in [0.29, 0.717) is 29.4 Å². The molecule has 36 heavy (non-hydrogen) atoms. The predicted molar refractivity (Wildman–Crippen MR) is 131 cm³/mol. The van der Waals surface area contributed by atoms with E-state index in [0.717, 1.165) is 5.56 Å². The molecule has 2 aliphatic carbocycles. The van der Waals surface area contributed by atoms with E-state index in [1.54, 1.807) is 42.4 Å². The molecule has 0 spiro atoms. The first-order chi connectivity index (χ1) is 17.1. The van der Waals surface area contributed by atoms with Crippen molar-refractivity contribution >= 4 is 15.8 Å². The quantitative estimate of drug-likeness (QED) is 0.461. The van der Waals surface area contributed by atoms with E-state index in [1.165, 1.54) is 17.5 Å². The summed E-state index contributed by atoms with van der Waals surface area (Å²) in [6.45, 7) is 0.696. The number of hydrogen-bond acceptors (Lipinski definition) is 6. The molecule has 5 rings (SSSR count). The molecule has 1 aromatic carbocycles. The summed E-state index contributed by atoms with van der Waals surface area (Å²) in [6.07, 6.45) is 4.64. The summed E-state index contributed by atoms with van der Waals surface area (Å²) in [7, 11) is 1.08. The lowest BCUT2D eigenvalue weighted by Gasteiger charge is -2.19. The van der Waals surface area contributed by atoms with E-state index in [1.807, 2.05) is 19.2 Å². The van der Waals surface area contributed by atoms with Gasteiger partial charge in [-0.25, -0.2) is 27.2 Å². The van der Waals surface area contributed by atoms with Gasteiger partial charge in [-0.3, -0.25) is 0 Å². The maximum Gasteiger partial charge on any atom is 0.248 e. The minimum atomic E-state index is -3.84. The van der Waals surface area contributed by atoms with E-state index in [4.69, 9.17) is 4.74 Å². The number of fused-ring (bicyclic) bond motifs is 1. The third kappa shape index (κ3) is 4.81. The lowest BCUT2D eigenvalue weighted by Crippen LogP contribution is -2.26. The lowest BCUT2D eigenvalue weighted by molar-refractivity contribution is -0.00770. The van der Waals surface area contributed by atoms with E-state index < -0.39 is 15.9 Å². The van der Waals surface area contributed by atoms with Gasteiger partial charge in [0.05, 0.1) is 19.1 Å². The number of aryl methyl sites for hydroxylation is 1. The van der Waals surface area contributed by atoms with Gasteiger partial charge in [-0.05, 0) is 41.5 Å². The van der Waals surface area contributed by atoms with Gasteiger partial charge in [0.15, 0.2) is 0 Å². The fourth-order valence-electron chi connectivity index (χ4n) is 5.15. The average Bonchev–Trinajstić information content (AvgIpc) is 3.13. The van der Waals surface area contributed by atoms with Crippen LogP contribution in [0.15, 0.2) is 53.9 Å². The molecule has 2 aromatic heterocycles. The van der Waals surface area contributed by atoms with Crippen LogP contribution in [-0.4, -0.2) is 53.9 Å². The molecule has 192 valence electrons. The van der Waals surface area contributed by atoms with Crippen molar-refractivity contribution in [1.29, 1.82) is 0 Å². The molecule has 0 saturated heterocycles. The molecule has 2 heterocycles. The molecule has 2 aliphatic rings. The highest BCUT2D eigenvalue weighted by Crippen LogP contribution is 2.62. The number of methoxy groups -OCH3 is 1. The zero-order valence-electron chi connectivity index (χ0n) is 20.4. The minimum absolute atomic E-state index is 0.0389. The van der Waals surface area contributed by atoms with Gasteiger partial charge in [0.2, 0.25) is 15.9 Å².